The van der Waals surface area contributed by atoms with Crippen molar-refractivity contribution in [2.45, 2.75) is 38.8 Å². The number of carbonyl (C=O) groups is 2. The Labute approximate surface area is 150 Å². The number of nitrogens with two attached hydrogens (primary N) is 1. The van der Waals surface area contributed by atoms with Crippen LogP contribution in [0, 0.1) is 0 Å². The van der Waals surface area contributed by atoms with Gasteiger partial charge in [0.25, 0.3) is 5.91 Å². The summed E-state index contributed by atoms with van der Waals surface area (Å²) < 4.78 is 0. The van der Waals surface area contributed by atoms with Gasteiger partial charge in [0.05, 0.1) is 0 Å². The second-order valence-corrected chi connectivity index (χ2v) is 6.98. The molecule has 0 aromatic carbocycles. The first-order valence-corrected chi connectivity index (χ1v) is 9.19. The monoisotopic (exact) mass is 359 g/mol. The molecule has 0 radical (unpaired) electrons. The average Bonchev–Trinajstić information content (AvgIpc) is 3.08. The average molecular weight is 359 g/mol. The number of carbonyl (C=O) groups excluding carboxylic acids is 2. The molecule has 3 rings (SSSR count). The molecule has 2 aromatic rings. The highest BCUT2D eigenvalue weighted by atomic mass is 32.1. The second kappa shape index (κ2) is 7.60. The molecule has 0 bridgehead atoms. The van der Waals surface area contributed by atoms with Crippen LogP contribution in [0.25, 0.3) is 0 Å². The van der Waals surface area contributed by atoms with Crippen molar-refractivity contribution in [3.05, 3.63) is 40.0 Å². The van der Waals surface area contributed by atoms with Crippen LogP contribution in [0.15, 0.2) is 23.8 Å². The SMILES string of the molecule is CCCC(NC(=O)c1nccnc1N)C(=O)N1CCc2sccc2C1. The van der Waals surface area contributed by atoms with Crippen molar-refractivity contribution >= 4 is 29.0 Å². The maximum absolute atomic E-state index is 12.9. The molecule has 2 amide bonds. The highest BCUT2D eigenvalue weighted by Crippen LogP contribution is 2.24. The third kappa shape index (κ3) is 3.79. The van der Waals surface area contributed by atoms with Crippen LogP contribution in [0.3, 0.4) is 0 Å². The summed E-state index contributed by atoms with van der Waals surface area (Å²) in [4.78, 5) is 36.3. The molecule has 1 atom stereocenters. The molecule has 25 heavy (non-hydrogen) atoms. The minimum Gasteiger partial charge on any atom is -0.382 e. The molecule has 0 aliphatic carbocycles. The number of nitrogen functional groups attached to an aromatic ring is 1. The van der Waals surface area contributed by atoms with E-state index < -0.39 is 11.9 Å². The van der Waals surface area contributed by atoms with E-state index in [2.05, 4.69) is 26.7 Å². The number of nitrogens with zero attached hydrogens (tertiary/aromatic N) is 3. The maximum atomic E-state index is 12.9. The standard InChI is InChI=1S/C17H21N5O2S/c1-2-3-12(21-16(23)14-15(18)20-7-6-19-14)17(24)22-8-4-13-11(10-22)5-9-25-13/h5-7,9,12H,2-4,8,10H2,1H3,(H2,18,20)(H,21,23). The molecule has 0 spiro atoms. The Morgan fingerprint density at radius 3 is 2.96 bits per heavy atom. The van der Waals surface area contributed by atoms with Crippen LogP contribution in [0.2, 0.25) is 0 Å². The van der Waals surface area contributed by atoms with Crippen LogP contribution in [0.1, 0.15) is 40.7 Å². The van der Waals surface area contributed by atoms with Gasteiger partial charge < -0.3 is 16.0 Å². The van der Waals surface area contributed by atoms with Gasteiger partial charge in [-0.15, -0.1) is 11.3 Å². The molecular formula is C17H21N5O2S. The van der Waals surface area contributed by atoms with Crippen molar-refractivity contribution in [2.24, 2.45) is 0 Å². The van der Waals surface area contributed by atoms with Crippen molar-refractivity contribution in [2.75, 3.05) is 12.3 Å². The zero-order valence-electron chi connectivity index (χ0n) is 14.1. The summed E-state index contributed by atoms with van der Waals surface area (Å²) >= 11 is 1.73. The summed E-state index contributed by atoms with van der Waals surface area (Å²) in [6.07, 6.45) is 5.04. The normalized spacial score (nSPS) is 14.7. The van der Waals surface area contributed by atoms with E-state index in [0.717, 1.165) is 12.8 Å². The van der Waals surface area contributed by atoms with Gasteiger partial charge in [0.15, 0.2) is 11.5 Å². The number of thiophene rings is 1. The first kappa shape index (κ1) is 17.3. The smallest absolute Gasteiger partial charge is 0.274 e. The molecule has 0 saturated carbocycles. The number of hydrogen-bond donors (Lipinski definition) is 2. The molecule has 3 N–H and O–H groups in total. The molecule has 3 heterocycles. The highest BCUT2D eigenvalue weighted by molar-refractivity contribution is 7.10. The van der Waals surface area contributed by atoms with Gasteiger partial charge in [-0.25, -0.2) is 9.97 Å². The number of fused-ring (bicyclic) bond motifs is 1. The number of aromatic nitrogens is 2. The highest BCUT2D eigenvalue weighted by Gasteiger charge is 2.29. The molecular weight excluding hydrogens is 338 g/mol. The number of hydrogen-bond acceptors (Lipinski definition) is 6. The summed E-state index contributed by atoms with van der Waals surface area (Å²) in [6.45, 7) is 3.26. The quantitative estimate of drug-likeness (QED) is 0.844. The number of rotatable bonds is 5. The third-order valence-electron chi connectivity index (χ3n) is 4.24. The minimum atomic E-state index is -0.584. The lowest BCUT2D eigenvalue weighted by atomic mass is 10.1. The Bertz CT molecular complexity index is 776. The van der Waals surface area contributed by atoms with Crippen LogP contribution in [-0.4, -0.2) is 39.3 Å². The van der Waals surface area contributed by atoms with Gasteiger partial charge in [0.2, 0.25) is 5.91 Å². The van der Waals surface area contributed by atoms with Gasteiger partial charge >= 0.3 is 0 Å². The van der Waals surface area contributed by atoms with E-state index in [1.165, 1.54) is 22.8 Å². The molecule has 7 nitrogen and oxygen atoms in total. The van der Waals surface area contributed by atoms with E-state index in [1.807, 2.05) is 11.8 Å². The summed E-state index contributed by atoms with van der Waals surface area (Å²) in [7, 11) is 0. The fourth-order valence-electron chi connectivity index (χ4n) is 2.95. The van der Waals surface area contributed by atoms with Crippen molar-refractivity contribution in [1.29, 1.82) is 0 Å². The summed E-state index contributed by atoms with van der Waals surface area (Å²) in [5.41, 5.74) is 6.95. The summed E-state index contributed by atoms with van der Waals surface area (Å²) in [6, 6.07) is 1.48. The van der Waals surface area contributed by atoms with Gasteiger partial charge in [-0.3, -0.25) is 9.59 Å². The molecule has 2 aromatic heterocycles. The van der Waals surface area contributed by atoms with E-state index in [0.29, 0.717) is 19.5 Å². The first-order valence-electron chi connectivity index (χ1n) is 8.31. The zero-order chi connectivity index (χ0) is 17.8. The lowest BCUT2D eigenvalue weighted by Gasteiger charge is -2.30. The predicted molar refractivity (Wildman–Crippen MR) is 96.0 cm³/mol. The van der Waals surface area contributed by atoms with E-state index in [4.69, 9.17) is 5.73 Å². The Morgan fingerprint density at radius 1 is 1.40 bits per heavy atom. The van der Waals surface area contributed by atoms with Crippen LogP contribution < -0.4 is 11.1 Å². The predicted octanol–water partition coefficient (Wildman–Crippen LogP) is 1.60. The largest absolute Gasteiger partial charge is 0.382 e. The van der Waals surface area contributed by atoms with Crippen LogP contribution in [-0.2, 0) is 17.8 Å². The molecule has 0 saturated heterocycles. The van der Waals surface area contributed by atoms with Crippen LogP contribution >= 0.6 is 11.3 Å². The summed E-state index contributed by atoms with van der Waals surface area (Å²) in [5, 5.41) is 4.84. The molecule has 1 aliphatic heterocycles. The second-order valence-electron chi connectivity index (χ2n) is 5.98. The van der Waals surface area contributed by atoms with E-state index >= 15 is 0 Å². The molecule has 132 valence electrons. The van der Waals surface area contributed by atoms with E-state index in [-0.39, 0.29) is 17.4 Å². The van der Waals surface area contributed by atoms with Crippen molar-refractivity contribution in [3.63, 3.8) is 0 Å². The Morgan fingerprint density at radius 2 is 2.20 bits per heavy atom. The van der Waals surface area contributed by atoms with Gasteiger partial charge in [-0.1, -0.05) is 13.3 Å². The van der Waals surface area contributed by atoms with Crippen molar-refractivity contribution < 1.29 is 9.59 Å². The third-order valence-corrected chi connectivity index (χ3v) is 5.26. The lowest BCUT2D eigenvalue weighted by Crippen LogP contribution is -2.49. The van der Waals surface area contributed by atoms with Crippen molar-refractivity contribution in [3.8, 4) is 0 Å². The van der Waals surface area contributed by atoms with Gasteiger partial charge in [0, 0.05) is 30.4 Å². The number of nitrogens with one attached hydrogen (secondary N) is 1. The zero-order valence-corrected chi connectivity index (χ0v) is 14.9. The van der Waals surface area contributed by atoms with Gasteiger partial charge in [-0.05, 0) is 29.9 Å². The fraction of sp³-hybridized carbons (Fsp3) is 0.412. The number of anilines is 1. The van der Waals surface area contributed by atoms with E-state index in [9.17, 15) is 9.59 Å². The molecule has 8 heteroatoms. The fourth-order valence-corrected chi connectivity index (χ4v) is 3.84. The van der Waals surface area contributed by atoms with Crippen molar-refractivity contribution in [1.82, 2.24) is 20.2 Å². The Kier molecular flexibility index (Phi) is 5.28. The molecule has 0 fully saturated rings. The lowest BCUT2D eigenvalue weighted by molar-refractivity contribution is -0.134. The maximum Gasteiger partial charge on any atom is 0.274 e. The molecule has 1 aliphatic rings. The summed E-state index contributed by atoms with van der Waals surface area (Å²) in [5.74, 6) is -0.469. The van der Waals surface area contributed by atoms with E-state index in [1.54, 1.807) is 11.3 Å². The Balaban J connectivity index is 1.71. The van der Waals surface area contributed by atoms with Gasteiger partial charge in [0.1, 0.15) is 6.04 Å². The topological polar surface area (TPSA) is 101 Å². The Hall–Kier alpha value is -2.48. The first-order chi connectivity index (χ1) is 12.1. The van der Waals surface area contributed by atoms with Crippen LogP contribution in [0.5, 0.6) is 0 Å². The minimum absolute atomic E-state index is 0.0511. The number of amides is 2. The van der Waals surface area contributed by atoms with Crippen LogP contribution in [0.4, 0.5) is 5.82 Å². The van der Waals surface area contributed by atoms with Gasteiger partial charge in [-0.2, -0.15) is 0 Å². The molecule has 1 unspecified atom stereocenters.